The van der Waals surface area contributed by atoms with Crippen molar-refractivity contribution < 1.29 is 4.74 Å². The van der Waals surface area contributed by atoms with Gasteiger partial charge >= 0.3 is 0 Å². The average molecular weight is 256 g/mol. The fourth-order valence-electron chi connectivity index (χ4n) is 1.88. The Morgan fingerprint density at radius 1 is 1.57 bits per heavy atom. The number of nitrogens with one attached hydrogen (secondary N) is 1. The van der Waals surface area contributed by atoms with Crippen LogP contribution in [0.1, 0.15) is 24.1 Å². The Balaban J connectivity index is 2.38. The lowest BCUT2D eigenvalue weighted by Crippen LogP contribution is -2.21. The number of ether oxygens (including phenoxy) is 1. The smallest absolute Gasteiger partial charge is 0.127 e. The van der Waals surface area contributed by atoms with Gasteiger partial charge in [0.05, 0.1) is 6.04 Å². The molecule has 1 atom stereocenters. The van der Waals surface area contributed by atoms with Crippen LogP contribution in [0.4, 0.5) is 0 Å². The SMILES string of the molecule is CCNC1COc2c(C)cc(Br)cc21. The molecule has 0 saturated carbocycles. The normalized spacial score (nSPS) is 19.2. The van der Waals surface area contributed by atoms with E-state index < -0.39 is 0 Å². The lowest BCUT2D eigenvalue weighted by atomic mass is 10.1. The minimum absolute atomic E-state index is 0.353. The minimum atomic E-state index is 0.353. The van der Waals surface area contributed by atoms with Gasteiger partial charge in [0, 0.05) is 10.0 Å². The first-order valence-corrected chi connectivity index (χ1v) is 5.68. The van der Waals surface area contributed by atoms with E-state index in [0.29, 0.717) is 6.04 Å². The predicted molar refractivity (Wildman–Crippen MR) is 60.8 cm³/mol. The maximum absolute atomic E-state index is 5.67. The maximum atomic E-state index is 5.67. The van der Waals surface area contributed by atoms with Gasteiger partial charge in [-0.15, -0.1) is 0 Å². The molecule has 14 heavy (non-hydrogen) atoms. The van der Waals surface area contributed by atoms with E-state index in [1.807, 2.05) is 0 Å². The maximum Gasteiger partial charge on any atom is 0.127 e. The second kappa shape index (κ2) is 3.91. The van der Waals surface area contributed by atoms with E-state index in [0.717, 1.165) is 23.4 Å². The third kappa shape index (κ3) is 1.66. The molecule has 0 radical (unpaired) electrons. The number of aryl methyl sites for hydroxylation is 1. The van der Waals surface area contributed by atoms with Gasteiger partial charge in [-0.25, -0.2) is 0 Å². The van der Waals surface area contributed by atoms with Crippen LogP contribution in [-0.4, -0.2) is 13.2 Å². The zero-order valence-corrected chi connectivity index (χ0v) is 10.0. The van der Waals surface area contributed by atoms with Crippen LogP contribution in [0, 0.1) is 6.92 Å². The van der Waals surface area contributed by atoms with Crippen molar-refractivity contribution in [3.05, 3.63) is 27.7 Å². The molecule has 1 unspecified atom stereocenters. The van der Waals surface area contributed by atoms with Crippen molar-refractivity contribution in [1.82, 2.24) is 5.32 Å². The van der Waals surface area contributed by atoms with Crippen molar-refractivity contribution in [3.63, 3.8) is 0 Å². The Morgan fingerprint density at radius 2 is 2.36 bits per heavy atom. The highest BCUT2D eigenvalue weighted by Gasteiger charge is 2.24. The second-order valence-electron chi connectivity index (χ2n) is 3.56. The van der Waals surface area contributed by atoms with Gasteiger partial charge in [-0.2, -0.15) is 0 Å². The van der Waals surface area contributed by atoms with Gasteiger partial charge in [0.2, 0.25) is 0 Å². The van der Waals surface area contributed by atoms with Gasteiger partial charge in [0.15, 0.2) is 0 Å². The summed E-state index contributed by atoms with van der Waals surface area (Å²) in [5.41, 5.74) is 2.48. The molecule has 0 saturated heterocycles. The van der Waals surface area contributed by atoms with Crippen molar-refractivity contribution in [2.75, 3.05) is 13.2 Å². The molecular weight excluding hydrogens is 242 g/mol. The fraction of sp³-hybridized carbons (Fsp3) is 0.455. The lowest BCUT2D eigenvalue weighted by Gasteiger charge is -2.09. The van der Waals surface area contributed by atoms with Gasteiger partial charge < -0.3 is 10.1 Å². The van der Waals surface area contributed by atoms with Crippen molar-refractivity contribution in [2.45, 2.75) is 19.9 Å². The molecule has 0 amide bonds. The van der Waals surface area contributed by atoms with Crippen LogP contribution in [0.25, 0.3) is 0 Å². The minimum Gasteiger partial charge on any atom is -0.491 e. The van der Waals surface area contributed by atoms with E-state index in [-0.39, 0.29) is 0 Å². The quantitative estimate of drug-likeness (QED) is 0.878. The number of likely N-dealkylation sites (N-methyl/N-ethyl adjacent to an activating group) is 1. The first-order chi connectivity index (χ1) is 6.72. The van der Waals surface area contributed by atoms with E-state index in [2.05, 4.69) is 47.2 Å². The molecule has 1 N–H and O–H groups in total. The van der Waals surface area contributed by atoms with Crippen LogP contribution >= 0.6 is 15.9 Å². The molecule has 0 aromatic heterocycles. The van der Waals surface area contributed by atoms with Crippen LogP contribution < -0.4 is 10.1 Å². The third-order valence-electron chi connectivity index (χ3n) is 2.49. The summed E-state index contributed by atoms with van der Waals surface area (Å²) < 4.78 is 6.79. The van der Waals surface area contributed by atoms with Gasteiger partial charge in [0.25, 0.3) is 0 Å². The van der Waals surface area contributed by atoms with Gasteiger partial charge in [0.1, 0.15) is 12.4 Å². The van der Waals surface area contributed by atoms with Gasteiger partial charge in [-0.3, -0.25) is 0 Å². The first-order valence-electron chi connectivity index (χ1n) is 4.88. The summed E-state index contributed by atoms with van der Waals surface area (Å²) in [6.45, 7) is 5.92. The molecule has 76 valence electrons. The summed E-state index contributed by atoms with van der Waals surface area (Å²) in [6, 6.07) is 4.58. The number of benzene rings is 1. The van der Waals surface area contributed by atoms with Gasteiger partial charge in [-0.1, -0.05) is 22.9 Å². The number of fused-ring (bicyclic) bond motifs is 1. The van der Waals surface area contributed by atoms with E-state index in [9.17, 15) is 0 Å². The summed E-state index contributed by atoms with van der Waals surface area (Å²) in [5, 5.41) is 3.41. The van der Waals surface area contributed by atoms with E-state index >= 15 is 0 Å². The Kier molecular flexibility index (Phi) is 2.79. The molecule has 2 rings (SSSR count). The molecule has 1 aromatic rings. The Labute approximate surface area is 92.8 Å². The highest BCUT2D eigenvalue weighted by molar-refractivity contribution is 9.10. The Morgan fingerprint density at radius 3 is 3.07 bits per heavy atom. The first kappa shape index (κ1) is 9.99. The summed E-state index contributed by atoms with van der Waals surface area (Å²) in [7, 11) is 0. The molecule has 3 heteroatoms. The summed E-state index contributed by atoms with van der Waals surface area (Å²) in [5.74, 6) is 1.05. The summed E-state index contributed by atoms with van der Waals surface area (Å²) in [4.78, 5) is 0. The zero-order chi connectivity index (χ0) is 10.1. The van der Waals surface area contributed by atoms with Crippen LogP contribution in [0.2, 0.25) is 0 Å². The van der Waals surface area contributed by atoms with E-state index in [1.54, 1.807) is 0 Å². The van der Waals surface area contributed by atoms with Crippen LogP contribution in [0.3, 0.4) is 0 Å². The monoisotopic (exact) mass is 255 g/mol. The van der Waals surface area contributed by atoms with Crippen LogP contribution in [0.15, 0.2) is 16.6 Å². The lowest BCUT2D eigenvalue weighted by molar-refractivity contribution is 0.312. The topological polar surface area (TPSA) is 21.3 Å². The van der Waals surface area contributed by atoms with Crippen molar-refractivity contribution >= 4 is 15.9 Å². The average Bonchev–Trinajstić information content (AvgIpc) is 2.49. The number of hydrogen-bond acceptors (Lipinski definition) is 2. The van der Waals surface area contributed by atoms with Gasteiger partial charge in [-0.05, 0) is 31.2 Å². The predicted octanol–water partition coefficient (Wildman–Crippen LogP) is 2.80. The van der Waals surface area contributed by atoms with Crippen LogP contribution in [0.5, 0.6) is 5.75 Å². The van der Waals surface area contributed by atoms with Crippen molar-refractivity contribution in [3.8, 4) is 5.75 Å². The standard InChI is InChI=1S/C11H14BrNO/c1-3-13-10-6-14-11-7(2)4-8(12)5-9(10)11/h4-5,10,13H,3,6H2,1-2H3. The molecule has 0 bridgehead atoms. The Hall–Kier alpha value is -0.540. The molecule has 1 aromatic carbocycles. The van der Waals surface area contributed by atoms with E-state index in [1.165, 1.54) is 11.1 Å². The number of rotatable bonds is 2. The fourth-order valence-corrected chi connectivity index (χ4v) is 2.47. The highest BCUT2D eigenvalue weighted by Crippen LogP contribution is 2.37. The summed E-state index contributed by atoms with van der Waals surface area (Å²) >= 11 is 3.51. The molecule has 1 aliphatic heterocycles. The number of halogens is 1. The molecule has 0 fully saturated rings. The zero-order valence-electron chi connectivity index (χ0n) is 8.43. The highest BCUT2D eigenvalue weighted by atomic mass is 79.9. The number of hydrogen-bond donors (Lipinski definition) is 1. The molecule has 2 nitrogen and oxygen atoms in total. The Bertz CT molecular complexity index is 351. The molecule has 0 spiro atoms. The van der Waals surface area contributed by atoms with Crippen molar-refractivity contribution in [1.29, 1.82) is 0 Å². The molecule has 1 heterocycles. The molecular formula is C11H14BrNO. The second-order valence-corrected chi connectivity index (χ2v) is 4.48. The third-order valence-corrected chi connectivity index (χ3v) is 2.95. The van der Waals surface area contributed by atoms with Crippen molar-refractivity contribution in [2.24, 2.45) is 0 Å². The van der Waals surface area contributed by atoms with E-state index in [4.69, 9.17) is 4.74 Å². The summed E-state index contributed by atoms with van der Waals surface area (Å²) in [6.07, 6.45) is 0. The molecule has 0 aliphatic carbocycles. The molecule has 1 aliphatic rings. The largest absolute Gasteiger partial charge is 0.491 e. The van der Waals surface area contributed by atoms with Crippen LogP contribution in [-0.2, 0) is 0 Å².